The van der Waals surface area contributed by atoms with Crippen molar-refractivity contribution in [2.24, 2.45) is 5.92 Å². The Hall–Kier alpha value is -1.76. The van der Waals surface area contributed by atoms with E-state index < -0.39 is 63.3 Å². The van der Waals surface area contributed by atoms with Gasteiger partial charge in [-0.2, -0.15) is 28.8 Å². The van der Waals surface area contributed by atoms with Crippen LogP contribution in [0.15, 0.2) is 95.6 Å². The van der Waals surface area contributed by atoms with E-state index >= 15 is 0 Å². The Morgan fingerprint density at radius 2 is 1.38 bits per heavy atom. The molecule has 0 N–H and O–H groups in total. The molecule has 15 nitrogen and oxygen atoms in total. The van der Waals surface area contributed by atoms with E-state index in [4.69, 9.17) is 17.4 Å². The molecule has 0 spiro atoms. The average Bonchev–Trinajstić information content (AvgIpc) is 3.58. The number of fused-ring (bicyclic) bond motifs is 6. The Balaban J connectivity index is 0.00000238. The summed E-state index contributed by atoms with van der Waals surface area (Å²) in [6.45, 7) is 14.0. The van der Waals surface area contributed by atoms with Gasteiger partial charge in [-0.05, 0) is 86.7 Å². The van der Waals surface area contributed by atoms with Gasteiger partial charge in [0.15, 0.2) is 5.71 Å². The molecule has 4 aromatic carbocycles. The van der Waals surface area contributed by atoms with E-state index in [0.29, 0.717) is 55.0 Å². The number of unbranched alkanes of at least 4 members (excludes halogenated alkanes) is 4. The van der Waals surface area contributed by atoms with Crippen LogP contribution in [0.3, 0.4) is 0 Å². The molecule has 0 atom stereocenters. The molecule has 0 fully saturated rings. The van der Waals surface area contributed by atoms with Gasteiger partial charge in [0.1, 0.15) is 22.4 Å². The van der Waals surface area contributed by atoms with Gasteiger partial charge in [0.25, 0.3) is 0 Å². The third-order valence-corrected chi connectivity index (χ3v) is 14.7. The molecule has 2 heterocycles. The van der Waals surface area contributed by atoms with E-state index in [1.54, 1.807) is 6.07 Å². The number of hydrogen-bond donors (Lipinski definition) is 0. The van der Waals surface area contributed by atoms with Crippen molar-refractivity contribution in [3.63, 3.8) is 0 Å². The van der Waals surface area contributed by atoms with Gasteiger partial charge in [0.05, 0.1) is 37.2 Å². The van der Waals surface area contributed by atoms with Crippen molar-refractivity contribution < 1.29 is 150 Å². The molecule has 0 radical (unpaired) electrons. The van der Waals surface area contributed by atoms with Crippen LogP contribution in [0.4, 0.5) is 11.4 Å². The van der Waals surface area contributed by atoms with Crippen molar-refractivity contribution in [2.45, 2.75) is 109 Å². The number of benzene rings is 4. The van der Waals surface area contributed by atoms with E-state index in [-0.39, 0.29) is 106 Å². The fraction of sp³-hybridized carbons (Fsp3) is 0.449. The molecule has 4 aromatic rings. The van der Waals surface area contributed by atoms with E-state index in [2.05, 4.69) is 81.4 Å². The first kappa shape index (κ1) is 65.4. The van der Waals surface area contributed by atoms with Crippen LogP contribution in [-0.2, 0) is 51.8 Å². The summed E-state index contributed by atoms with van der Waals surface area (Å²) in [6.07, 6.45) is 15.0. The SMILES string of the molecule is CC(C)CCCCCOc1cc(S(=O)(=O)[O-])cc2ccc3c(c12)C(C)(C)\C(=C/C=C/C=C/C1=[N+](CCCCS(=O)(=O)[O-])c2ccc4c[c-]ccc4c2C1(C)C)N3CCCCS(=O)(=O)[O-].O=S(=O)=O.[Na+].[Na+].[Na+]. The van der Waals surface area contributed by atoms with Gasteiger partial charge in [-0.15, -0.1) is 29.5 Å². The summed E-state index contributed by atoms with van der Waals surface area (Å²) < 4.78 is 140. The second kappa shape index (κ2) is 27.9. The zero-order valence-corrected chi connectivity index (χ0v) is 51.5. The summed E-state index contributed by atoms with van der Waals surface area (Å²) in [7, 11) is -16.7. The molecular formula is C49H59N2Na3O13S4. The van der Waals surface area contributed by atoms with Crippen LogP contribution in [0, 0.1) is 12.0 Å². The van der Waals surface area contributed by atoms with E-state index in [9.17, 15) is 38.9 Å². The monoisotopic (exact) mass is 1080 g/mol. The molecule has 370 valence electrons. The minimum atomic E-state index is -4.81. The molecule has 22 heteroatoms. The first-order valence-electron chi connectivity index (χ1n) is 22.5. The fourth-order valence-corrected chi connectivity index (χ4v) is 11.0. The number of allylic oxidation sites excluding steroid dienone is 6. The van der Waals surface area contributed by atoms with Crippen molar-refractivity contribution in [1.29, 1.82) is 0 Å². The third-order valence-electron chi connectivity index (χ3n) is 12.3. The first-order chi connectivity index (χ1) is 31.7. The maximum absolute atomic E-state index is 12.4. The van der Waals surface area contributed by atoms with E-state index in [1.807, 2.05) is 42.5 Å². The second-order valence-corrected chi connectivity index (χ2v) is 23.3. The maximum atomic E-state index is 12.4. The summed E-state index contributed by atoms with van der Waals surface area (Å²) in [5, 5.41) is 3.39. The zero-order chi connectivity index (χ0) is 50.2. The van der Waals surface area contributed by atoms with Gasteiger partial charge < -0.3 is 23.3 Å². The molecule has 0 aromatic heterocycles. The molecule has 0 saturated carbocycles. The summed E-state index contributed by atoms with van der Waals surface area (Å²) >= 11 is 0. The minimum absolute atomic E-state index is 0. The van der Waals surface area contributed by atoms with Crippen LogP contribution in [0.5, 0.6) is 5.75 Å². The standard InChI is InChI=1S/C49H62N2O10S3.3Na.O3S/c1-35(2)19-9-8-16-30-61-42-34-38(64(58,59)60)33-37-25-27-41-47(45(37)42)49(5,6)44(51(41)29-15-18-32-63(55,56)57)23-11-7-10-22-43-48(3,4)46-39-21-13-12-20-36(39)24-26-40(46)50(43)28-14-17-31-62(52,53)54;;;;1-4(2)3/h7,10-11,13,20-27,33-35H,8-9,14-19,28-32H2,1-6H3,(H,52,53,54)(H,55,56,57)(H,58,59,60);;;;/q;3*+1;/p-3. The van der Waals surface area contributed by atoms with Crippen LogP contribution >= 0.6 is 0 Å². The molecule has 6 rings (SSSR count). The molecule has 0 amide bonds. The molecule has 0 unspecified atom stereocenters. The maximum Gasteiger partial charge on any atom is 1.00 e. The molecule has 0 saturated heterocycles. The summed E-state index contributed by atoms with van der Waals surface area (Å²) in [5.74, 6) is -0.0184. The average molecular weight is 1080 g/mol. The van der Waals surface area contributed by atoms with Gasteiger partial charge >= 0.3 is 99.3 Å². The molecule has 2 aliphatic heterocycles. The van der Waals surface area contributed by atoms with Crippen LogP contribution < -0.4 is 98.3 Å². The smallest absolute Gasteiger partial charge is 0.748 e. The Morgan fingerprint density at radius 1 is 0.746 bits per heavy atom. The quantitative estimate of drug-likeness (QED) is 0.0246. The normalized spacial score (nSPS) is 15.6. The predicted molar refractivity (Wildman–Crippen MR) is 260 cm³/mol. The topological polar surface area (TPSA) is 238 Å². The van der Waals surface area contributed by atoms with Crippen molar-refractivity contribution in [3.05, 3.63) is 108 Å². The Bertz CT molecular complexity index is 3110. The van der Waals surface area contributed by atoms with Crippen molar-refractivity contribution in [1.82, 2.24) is 0 Å². The van der Waals surface area contributed by atoms with Crippen LogP contribution in [0.2, 0.25) is 0 Å². The summed E-state index contributed by atoms with van der Waals surface area (Å²) in [5.41, 5.74) is 4.61. The van der Waals surface area contributed by atoms with Crippen LogP contribution in [-0.4, -0.2) is 93.0 Å². The molecule has 0 bridgehead atoms. The number of rotatable bonds is 21. The van der Waals surface area contributed by atoms with Crippen molar-refractivity contribution in [2.75, 3.05) is 36.1 Å². The van der Waals surface area contributed by atoms with Crippen molar-refractivity contribution >= 4 is 79.6 Å². The summed E-state index contributed by atoms with van der Waals surface area (Å²) in [6, 6.07) is 19.6. The molecule has 0 aliphatic carbocycles. The van der Waals surface area contributed by atoms with E-state index in [0.717, 1.165) is 70.4 Å². The van der Waals surface area contributed by atoms with Gasteiger partial charge in [-0.25, -0.2) is 25.3 Å². The Labute approximate surface area is 487 Å². The zero-order valence-electron chi connectivity index (χ0n) is 42.2. The van der Waals surface area contributed by atoms with Gasteiger partial charge in [-0.1, -0.05) is 71.3 Å². The summed E-state index contributed by atoms with van der Waals surface area (Å²) in [4.78, 5) is 1.73. The number of anilines is 1. The molecular weight excluding hydrogens is 1020 g/mol. The van der Waals surface area contributed by atoms with Crippen molar-refractivity contribution in [3.8, 4) is 5.75 Å². The van der Waals surface area contributed by atoms with Crippen LogP contribution in [0.1, 0.15) is 104 Å². The molecule has 2 aliphatic rings. The molecule has 71 heavy (non-hydrogen) atoms. The first-order valence-corrected chi connectivity index (χ1v) is 28.1. The predicted octanol–water partition coefficient (Wildman–Crippen LogP) is -0.879. The fourth-order valence-electron chi connectivity index (χ4n) is 9.32. The van der Waals surface area contributed by atoms with Gasteiger partial charge in [0.2, 0.25) is 5.69 Å². The second-order valence-electron chi connectivity index (χ2n) is 18.5. The number of hydrogen-bond acceptors (Lipinski definition) is 14. The number of nitrogens with zero attached hydrogens (tertiary/aromatic N) is 2. The van der Waals surface area contributed by atoms with Crippen LogP contribution in [0.25, 0.3) is 21.5 Å². The number of ether oxygens (including phenoxy) is 1. The van der Waals surface area contributed by atoms with E-state index in [1.165, 1.54) is 12.1 Å². The largest absolute Gasteiger partial charge is 1.00 e. The third kappa shape index (κ3) is 17.7. The Morgan fingerprint density at radius 3 is 2.00 bits per heavy atom. The van der Waals surface area contributed by atoms with Gasteiger partial charge in [-0.3, -0.25) is 0 Å². The van der Waals surface area contributed by atoms with Gasteiger partial charge in [0, 0.05) is 58.3 Å². The minimum Gasteiger partial charge on any atom is -0.748 e. The Kier molecular flexibility index (Phi) is 25.6.